The lowest BCUT2D eigenvalue weighted by molar-refractivity contribution is -0.143. The normalized spacial score (nSPS) is 23.2. The van der Waals surface area contributed by atoms with E-state index in [4.69, 9.17) is 16.4 Å². The first-order chi connectivity index (χ1) is 14.6. The van der Waals surface area contributed by atoms with Crippen LogP contribution in [0, 0.1) is 5.92 Å². The summed E-state index contributed by atoms with van der Waals surface area (Å²) in [6.07, 6.45) is -0.845. The molecule has 0 unspecified atom stereocenters. The number of benzene rings is 3. The highest BCUT2D eigenvalue weighted by Gasteiger charge is 2.59. The zero-order valence-electron chi connectivity index (χ0n) is 16.0. The Balaban J connectivity index is 1.51. The fourth-order valence-corrected chi connectivity index (χ4v) is 4.32. The van der Waals surface area contributed by atoms with Gasteiger partial charge in [-0.2, -0.15) is 0 Å². The molecule has 0 N–H and O–H groups in total. The summed E-state index contributed by atoms with van der Waals surface area (Å²) in [7, 11) is 0. The number of likely N-dealkylation sites (tertiary alicyclic amines) is 1. The molecule has 150 valence electrons. The lowest BCUT2D eigenvalue weighted by atomic mass is 9.90. The third-order valence-electron chi connectivity index (χ3n) is 5.61. The SMILES string of the molecule is O=C1[C@H]2[C@H](ON(c3ccc(Cl)cc3)[C@@H]2c2ccccc2)C(=O)N1Cc1ccccc1. The quantitative estimate of drug-likeness (QED) is 0.590. The third kappa shape index (κ3) is 3.16. The molecule has 0 spiro atoms. The lowest BCUT2D eigenvalue weighted by Crippen LogP contribution is -2.36. The van der Waals surface area contributed by atoms with Crippen molar-refractivity contribution in [1.29, 1.82) is 0 Å². The average Bonchev–Trinajstić information content (AvgIpc) is 3.28. The van der Waals surface area contributed by atoms with Crippen molar-refractivity contribution in [2.75, 3.05) is 5.06 Å². The van der Waals surface area contributed by atoms with E-state index in [9.17, 15) is 9.59 Å². The Morgan fingerprint density at radius 3 is 2.10 bits per heavy atom. The Morgan fingerprint density at radius 1 is 0.800 bits per heavy atom. The molecule has 2 aliphatic heterocycles. The number of carbonyl (C=O) groups is 2. The molecule has 5 nitrogen and oxygen atoms in total. The Hall–Kier alpha value is -3.15. The molecule has 0 aromatic heterocycles. The Kier molecular flexibility index (Phi) is 4.77. The van der Waals surface area contributed by atoms with Gasteiger partial charge in [-0.15, -0.1) is 0 Å². The summed E-state index contributed by atoms with van der Waals surface area (Å²) in [6.45, 7) is 0.247. The monoisotopic (exact) mass is 418 g/mol. The van der Waals surface area contributed by atoms with Crippen LogP contribution >= 0.6 is 11.6 Å². The van der Waals surface area contributed by atoms with E-state index in [-0.39, 0.29) is 18.4 Å². The van der Waals surface area contributed by atoms with Gasteiger partial charge in [0.05, 0.1) is 18.3 Å². The molecule has 30 heavy (non-hydrogen) atoms. The number of rotatable bonds is 4. The molecule has 2 amide bonds. The molecular formula is C24H19ClN2O3. The van der Waals surface area contributed by atoms with Crippen molar-refractivity contribution in [3.05, 3.63) is 101 Å². The van der Waals surface area contributed by atoms with E-state index in [0.29, 0.717) is 5.02 Å². The van der Waals surface area contributed by atoms with Gasteiger partial charge < -0.3 is 0 Å². The van der Waals surface area contributed by atoms with Crippen molar-refractivity contribution in [2.24, 2.45) is 5.92 Å². The van der Waals surface area contributed by atoms with Crippen molar-refractivity contribution in [3.63, 3.8) is 0 Å². The van der Waals surface area contributed by atoms with Gasteiger partial charge >= 0.3 is 0 Å². The van der Waals surface area contributed by atoms with E-state index in [1.54, 1.807) is 17.2 Å². The number of hydroxylamine groups is 1. The van der Waals surface area contributed by atoms with Crippen molar-refractivity contribution in [2.45, 2.75) is 18.7 Å². The molecule has 0 aliphatic carbocycles. The van der Waals surface area contributed by atoms with Gasteiger partial charge in [0.2, 0.25) is 5.91 Å². The van der Waals surface area contributed by atoms with E-state index in [0.717, 1.165) is 16.8 Å². The predicted molar refractivity (Wildman–Crippen MR) is 113 cm³/mol. The molecule has 2 aliphatic rings. The van der Waals surface area contributed by atoms with Gasteiger partial charge in [-0.1, -0.05) is 72.3 Å². The predicted octanol–water partition coefficient (Wildman–Crippen LogP) is 4.39. The van der Waals surface area contributed by atoms with Gasteiger partial charge in [0, 0.05) is 5.02 Å². The van der Waals surface area contributed by atoms with Gasteiger partial charge in [0.25, 0.3) is 5.91 Å². The summed E-state index contributed by atoms with van der Waals surface area (Å²) < 4.78 is 0. The molecule has 3 atom stereocenters. The van der Waals surface area contributed by atoms with Gasteiger partial charge in [-0.3, -0.25) is 19.3 Å². The number of anilines is 1. The summed E-state index contributed by atoms with van der Waals surface area (Å²) in [5, 5.41) is 2.28. The van der Waals surface area contributed by atoms with Gasteiger partial charge in [0.1, 0.15) is 5.92 Å². The number of imide groups is 1. The highest BCUT2D eigenvalue weighted by Crippen LogP contribution is 2.47. The second-order valence-electron chi connectivity index (χ2n) is 7.46. The van der Waals surface area contributed by atoms with Crippen LogP contribution in [0.3, 0.4) is 0 Å². The summed E-state index contributed by atoms with van der Waals surface area (Å²) in [5.74, 6) is -1.12. The minimum Gasteiger partial charge on any atom is -0.275 e. The van der Waals surface area contributed by atoms with Gasteiger partial charge in [-0.25, -0.2) is 5.06 Å². The van der Waals surface area contributed by atoms with Crippen LogP contribution in [0.4, 0.5) is 5.69 Å². The number of amides is 2. The first kappa shape index (κ1) is 18.9. The van der Waals surface area contributed by atoms with Crippen LogP contribution in [0.2, 0.25) is 5.02 Å². The molecule has 0 bridgehead atoms. The molecule has 2 heterocycles. The van der Waals surface area contributed by atoms with Crippen LogP contribution < -0.4 is 5.06 Å². The maximum absolute atomic E-state index is 13.4. The van der Waals surface area contributed by atoms with Crippen LogP contribution in [-0.4, -0.2) is 22.8 Å². The summed E-state index contributed by atoms with van der Waals surface area (Å²) in [4.78, 5) is 34.0. The minimum atomic E-state index is -0.845. The molecule has 0 radical (unpaired) electrons. The number of hydrogen-bond acceptors (Lipinski definition) is 4. The Morgan fingerprint density at radius 2 is 1.43 bits per heavy atom. The number of hydrogen-bond donors (Lipinski definition) is 0. The zero-order valence-corrected chi connectivity index (χ0v) is 16.8. The largest absolute Gasteiger partial charge is 0.275 e. The standard InChI is InChI=1S/C24H19ClN2O3/c25-18-11-13-19(14-12-18)27-21(17-9-5-2-6-10-17)20-22(30-27)24(29)26(23(20)28)15-16-7-3-1-4-8-16/h1-14,20-22H,15H2/t20-,21-,22+/m1/s1. The van der Waals surface area contributed by atoms with E-state index in [2.05, 4.69) is 0 Å². The first-order valence-electron chi connectivity index (χ1n) is 9.79. The summed E-state index contributed by atoms with van der Waals surface area (Å²) in [5.41, 5.74) is 2.57. The van der Waals surface area contributed by atoms with E-state index in [1.165, 1.54) is 4.90 Å². The van der Waals surface area contributed by atoms with Crippen LogP contribution in [0.5, 0.6) is 0 Å². The molecule has 0 saturated carbocycles. The number of fused-ring (bicyclic) bond motifs is 1. The average molecular weight is 419 g/mol. The maximum atomic E-state index is 13.4. The third-order valence-corrected chi connectivity index (χ3v) is 5.86. The molecule has 2 saturated heterocycles. The van der Waals surface area contributed by atoms with Gasteiger partial charge in [-0.05, 0) is 35.4 Å². The molecule has 5 rings (SSSR count). The Bertz CT molecular complexity index is 1070. The maximum Gasteiger partial charge on any atom is 0.262 e. The van der Waals surface area contributed by atoms with E-state index >= 15 is 0 Å². The molecule has 2 fully saturated rings. The van der Waals surface area contributed by atoms with E-state index in [1.807, 2.05) is 72.8 Å². The summed E-state index contributed by atoms with van der Waals surface area (Å²) in [6, 6.07) is 26.0. The fraction of sp³-hybridized carbons (Fsp3) is 0.167. The zero-order chi connectivity index (χ0) is 20.7. The first-order valence-corrected chi connectivity index (χ1v) is 10.2. The second kappa shape index (κ2) is 7.59. The van der Waals surface area contributed by atoms with E-state index < -0.39 is 18.1 Å². The number of carbonyl (C=O) groups excluding carboxylic acids is 2. The topological polar surface area (TPSA) is 49.9 Å². The highest BCUT2D eigenvalue weighted by molar-refractivity contribution is 6.30. The number of nitrogens with zero attached hydrogens (tertiary/aromatic N) is 2. The minimum absolute atomic E-state index is 0.209. The Labute approximate surface area is 179 Å². The summed E-state index contributed by atoms with van der Waals surface area (Å²) >= 11 is 6.04. The second-order valence-corrected chi connectivity index (χ2v) is 7.89. The fourth-order valence-electron chi connectivity index (χ4n) is 4.19. The molecule has 3 aromatic rings. The van der Waals surface area contributed by atoms with Crippen LogP contribution in [0.25, 0.3) is 0 Å². The highest BCUT2D eigenvalue weighted by atomic mass is 35.5. The lowest BCUT2D eigenvalue weighted by Gasteiger charge is -2.28. The van der Waals surface area contributed by atoms with Crippen molar-refractivity contribution < 1.29 is 14.4 Å². The van der Waals surface area contributed by atoms with Crippen LogP contribution in [0.1, 0.15) is 17.2 Å². The molecule has 3 aromatic carbocycles. The van der Waals surface area contributed by atoms with Crippen LogP contribution in [0.15, 0.2) is 84.9 Å². The number of halogens is 1. The van der Waals surface area contributed by atoms with Crippen molar-refractivity contribution in [3.8, 4) is 0 Å². The van der Waals surface area contributed by atoms with Gasteiger partial charge in [0.15, 0.2) is 6.10 Å². The van der Waals surface area contributed by atoms with Crippen molar-refractivity contribution >= 4 is 29.1 Å². The van der Waals surface area contributed by atoms with Crippen LogP contribution in [-0.2, 0) is 21.0 Å². The smallest absolute Gasteiger partial charge is 0.262 e. The van der Waals surface area contributed by atoms with Crippen molar-refractivity contribution in [1.82, 2.24) is 4.90 Å². The molecule has 6 heteroatoms. The molecular weight excluding hydrogens is 400 g/mol.